The van der Waals surface area contributed by atoms with Gasteiger partial charge in [0, 0.05) is 4.47 Å². The van der Waals surface area contributed by atoms with E-state index < -0.39 is 0 Å². The van der Waals surface area contributed by atoms with Crippen LogP contribution in [-0.2, 0) is 0 Å². The van der Waals surface area contributed by atoms with Crippen LogP contribution >= 0.6 is 66.7 Å². The van der Waals surface area contributed by atoms with Gasteiger partial charge in [0.1, 0.15) is 11.4 Å². The highest BCUT2D eigenvalue weighted by atomic mass is 79.9. The number of phenols is 1. The highest BCUT2D eigenvalue weighted by Gasteiger charge is 2.08. The third kappa shape index (κ3) is 3.65. The molecule has 8 heteroatoms. The van der Waals surface area contributed by atoms with Crippen molar-refractivity contribution >= 4 is 78.0 Å². The van der Waals surface area contributed by atoms with Gasteiger partial charge in [-0.3, -0.25) is 0 Å². The average molecular weight is 459 g/mol. The van der Waals surface area contributed by atoms with Crippen molar-refractivity contribution in [1.29, 1.82) is 0 Å². The second-order valence-electron chi connectivity index (χ2n) is 3.67. The molecule has 2 aromatic carbocycles. The van der Waals surface area contributed by atoms with Crippen LogP contribution in [0.4, 0.5) is 11.4 Å². The highest BCUT2D eigenvalue weighted by molar-refractivity contribution is 9.11. The third-order valence-electron chi connectivity index (χ3n) is 2.26. The summed E-state index contributed by atoms with van der Waals surface area (Å²) in [6.45, 7) is 0. The standard InChI is InChI=1S/C12H5Br2Cl3N2O/c13-5-1-6(14)12(20)11(2-5)19-18-10-4-8(16)7(15)3-9(10)17/h1-4,20H. The van der Waals surface area contributed by atoms with Gasteiger partial charge in [0.15, 0.2) is 5.75 Å². The van der Waals surface area contributed by atoms with Gasteiger partial charge in [0.2, 0.25) is 0 Å². The molecule has 0 aliphatic heterocycles. The molecule has 0 saturated carbocycles. The quantitative estimate of drug-likeness (QED) is 0.372. The summed E-state index contributed by atoms with van der Waals surface area (Å²) in [6, 6.07) is 6.30. The highest BCUT2D eigenvalue weighted by Crippen LogP contribution is 2.39. The first-order valence-electron chi connectivity index (χ1n) is 5.13. The van der Waals surface area contributed by atoms with E-state index in [2.05, 4.69) is 42.1 Å². The van der Waals surface area contributed by atoms with Crippen LogP contribution in [0.1, 0.15) is 0 Å². The predicted octanol–water partition coefficient (Wildman–Crippen LogP) is 7.29. The normalized spacial score (nSPS) is 11.2. The molecule has 0 saturated heterocycles. The summed E-state index contributed by atoms with van der Waals surface area (Å²) in [4.78, 5) is 0. The molecule has 0 atom stereocenters. The zero-order valence-electron chi connectivity index (χ0n) is 9.54. The molecule has 0 spiro atoms. The Morgan fingerprint density at radius 3 is 2.10 bits per heavy atom. The van der Waals surface area contributed by atoms with E-state index in [1.807, 2.05) is 0 Å². The van der Waals surface area contributed by atoms with Gasteiger partial charge in [-0.15, -0.1) is 10.2 Å². The zero-order chi connectivity index (χ0) is 14.9. The van der Waals surface area contributed by atoms with Gasteiger partial charge in [0.25, 0.3) is 0 Å². The van der Waals surface area contributed by atoms with Crippen molar-refractivity contribution in [3.8, 4) is 5.75 Å². The Bertz CT molecular complexity index is 708. The van der Waals surface area contributed by atoms with Gasteiger partial charge in [-0.1, -0.05) is 50.7 Å². The summed E-state index contributed by atoms with van der Waals surface area (Å²) in [7, 11) is 0. The number of rotatable bonds is 2. The molecule has 0 fully saturated rings. The number of nitrogens with zero attached hydrogens (tertiary/aromatic N) is 2. The molecule has 0 bridgehead atoms. The lowest BCUT2D eigenvalue weighted by atomic mass is 10.3. The van der Waals surface area contributed by atoms with Crippen molar-refractivity contribution in [2.45, 2.75) is 0 Å². The Hall–Kier alpha value is -0.330. The molecule has 20 heavy (non-hydrogen) atoms. The molecular weight excluding hydrogens is 454 g/mol. The van der Waals surface area contributed by atoms with Crippen molar-refractivity contribution in [2.75, 3.05) is 0 Å². The minimum atomic E-state index is -0.0202. The van der Waals surface area contributed by atoms with Crippen LogP contribution in [-0.4, -0.2) is 5.11 Å². The summed E-state index contributed by atoms with van der Waals surface area (Å²) < 4.78 is 1.25. The molecule has 104 valence electrons. The van der Waals surface area contributed by atoms with Gasteiger partial charge in [-0.2, -0.15) is 0 Å². The Morgan fingerprint density at radius 2 is 1.40 bits per heavy atom. The first-order valence-corrected chi connectivity index (χ1v) is 7.85. The number of azo groups is 1. The fourth-order valence-electron chi connectivity index (χ4n) is 1.33. The van der Waals surface area contributed by atoms with Crippen LogP contribution in [0, 0.1) is 0 Å². The Labute approximate surface area is 146 Å². The molecule has 0 amide bonds. The minimum Gasteiger partial charge on any atom is -0.505 e. The van der Waals surface area contributed by atoms with Crippen LogP contribution < -0.4 is 0 Å². The van der Waals surface area contributed by atoms with Crippen molar-refractivity contribution < 1.29 is 5.11 Å². The number of hydrogen-bond acceptors (Lipinski definition) is 3. The second kappa shape index (κ2) is 6.62. The zero-order valence-corrected chi connectivity index (χ0v) is 15.0. The van der Waals surface area contributed by atoms with E-state index in [0.717, 1.165) is 4.47 Å². The predicted molar refractivity (Wildman–Crippen MR) is 89.2 cm³/mol. The van der Waals surface area contributed by atoms with E-state index in [1.54, 1.807) is 12.1 Å². The maximum Gasteiger partial charge on any atom is 0.157 e. The van der Waals surface area contributed by atoms with Crippen LogP contribution in [0.25, 0.3) is 0 Å². The summed E-state index contributed by atoms with van der Waals surface area (Å²) in [5.41, 5.74) is 0.643. The van der Waals surface area contributed by atoms with E-state index in [1.165, 1.54) is 12.1 Å². The SMILES string of the molecule is Oc1c(Br)cc(Br)cc1N=Nc1cc(Cl)c(Cl)cc1Cl. The lowest BCUT2D eigenvalue weighted by molar-refractivity contribution is 0.473. The summed E-state index contributed by atoms with van der Waals surface area (Å²) >= 11 is 24.2. The van der Waals surface area contributed by atoms with Crippen molar-refractivity contribution in [2.24, 2.45) is 10.2 Å². The van der Waals surface area contributed by atoms with Crippen molar-refractivity contribution in [1.82, 2.24) is 0 Å². The van der Waals surface area contributed by atoms with E-state index in [0.29, 0.717) is 25.2 Å². The lowest BCUT2D eigenvalue weighted by Gasteiger charge is -2.03. The van der Waals surface area contributed by atoms with Crippen LogP contribution in [0.3, 0.4) is 0 Å². The van der Waals surface area contributed by atoms with Gasteiger partial charge in [-0.25, -0.2) is 0 Å². The molecule has 0 unspecified atom stereocenters. The number of hydrogen-bond donors (Lipinski definition) is 1. The van der Waals surface area contributed by atoms with Crippen LogP contribution in [0.5, 0.6) is 5.75 Å². The number of benzene rings is 2. The molecule has 0 aliphatic carbocycles. The molecule has 2 aromatic rings. The van der Waals surface area contributed by atoms with E-state index in [9.17, 15) is 5.11 Å². The van der Waals surface area contributed by atoms with Crippen molar-refractivity contribution in [3.05, 3.63) is 48.3 Å². The third-order valence-corrected chi connectivity index (χ3v) is 4.35. The summed E-state index contributed by atoms with van der Waals surface area (Å²) in [5, 5.41) is 18.8. The summed E-state index contributed by atoms with van der Waals surface area (Å²) in [6.07, 6.45) is 0. The Balaban J connectivity index is 2.42. The molecule has 0 heterocycles. The number of aromatic hydroxyl groups is 1. The molecule has 3 nitrogen and oxygen atoms in total. The largest absolute Gasteiger partial charge is 0.505 e. The first kappa shape index (κ1) is 16.0. The van der Waals surface area contributed by atoms with E-state index in [4.69, 9.17) is 34.8 Å². The molecular formula is C12H5Br2Cl3N2O. The fourth-order valence-corrected chi connectivity index (χ4v) is 3.11. The first-order chi connectivity index (χ1) is 9.38. The molecule has 0 radical (unpaired) electrons. The topological polar surface area (TPSA) is 45.0 Å². The molecule has 0 aromatic heterocycles. The smallest absolute Gasteiger partial charge is 0.157 e. The maximum absolute atomic E-state index is 9.87. The molecule has 2 rings (SSSR count). The van der Waals surface area contributed by atoms with Crippen molar-refractivity contribution in [3.63, 3.8) is 0 Å². The number of phenolic OH excluding ortho intramolecular Hbond substituents is 1. The Morgan fingerprint density at radius 1 is 0.800 bits per heavy atom. The van der Waals surface area contributed by atoms with E-state index >= 15 is 0 Å². The fraction of sp³-hybridized carbons (Fsp3) is 0. The molecule has 1 N–H and O–H groups in total. The van der Waals surface area contributed by atoms with Crippen LogP contribution in [0.15, 0.2) is 43.4 Å². The minimum absolute atomic E-state index is 0.0202. The van der Waals surface area contributed by atoms with Gasteiger partial charge in [0.05, 0.1) is 19.5 Å². The van der Waals surface area contributed by atoms with Gasteiger partial charge < -0.3 is 5.11 Å². The second-order valence-corrected chi connectivity index (χ2v) is 6.66. The Kier molecular flexibility index (Phi) is 5.31. The van der Waals surface area contributed by atoms with Gasteiger partial charge >= 0.3 is 0 Å². The monoisotopic (exact) mass is 456 g/mol. The van der Waals surface area contributed by atoms with Crippen LogP contribution in [0.2, 0.25) is 15.1 Å². The van der Waals surface area contributed by atoms with Gasteiger partial charge in [-0.05, 0) is 40.2 Å². The lowest BCUT2D eigenvalue weighted by Crippen LogP contribution is -1.74. The van der Waals surface area contributed by atoms with E-state index in [-0.39, 0.29) is 11.4 Å². The number of halogens is 5. The maximum atomic E-state index is 9.87. The summed E-state index contributed by atoms with van der Waals surface area (Å²) in [5.74, 6) is -0.0202. The molecule has 0 aliphatic rings. The average Bonchev–Trinajstić information content (AvgIpc) is 2.37.